The highest BCUT2D eigenvalue weighted by molar-refractivity contribution is 6.68. The fourth-order valence-corrected chi connectivity index (χ4v) is 1.82. The summed E-state index contributed by atoms with van der Waals surface area (Å²) in [5.41, 5.74) is 0.153. The van der Waals surface area contributed by atoms with Gasteiger partial charge in [-0.15, -0.1) is 0 Å². The average molecular weight is 257 g/mol. The number of halogens is 3. The van der Waals surface area contributed by atoms with Gasteiger partial charge in [-0.25, -0.2) is 0 Å². The van der Waals surface area contributed by atoms with Gasteiger partial charge in [0.05, 0.1) is 0 Å². The second kappa shape index (κ2) is 4.67. The number of ether oxygens (including phenoxy) is 1. The third-order valence-corrected chi connectivity index (χ3v) is 2.50. The number of carbonyl (C=O) groups excluding carboxylic acids is 1. The fourth-order valence-electron chi connectivity index (χ4n) is 1.66. The van der Waals surface area contributed by atoms with Crippen molar-refractivity contribution in [2.45, 2.75) is 6.61 Å². The van der Waals surface area contributed by atoms with E-state index in [2.05, 4.69) is 4.74 Å². The maximum absolute atomic E-state index is 12.2. The lowest BCUT2D eigenvalue weighted by Gasteiger charge is -2.10. The SMILES string of the molecule is O=C(Cl)c1cccc2cccc(OC(F)F)c12. The van der Waals surface area contributed by atoms with Crippen LogP contribution in [0, 0.1) is 0 Å². The first-order valence-corrected chi connectivity index (χ1v) is 5.14. The van der Waals surface area contributed by atoms with Crippen LogP contribution < -0.4 is 4.74 Å². The first-order valence-electron chi connectivity index (χ1n) is 4.76. The zero-order valence-corrected chi connectivity index (χ0v) is 9.25. The van der Waals surface area contributed by atoms with Crippen LogP contribution in [0.2, 0.25) is 0 Å². The molecular formula is C12H7ClF2O2. The Morgan fingerprint density at radius 2 is 1.82 bits per heavy atom. The Morgan fingerprint density at radius 1 is 1.18 bits per heavy atom. The highest BCUT2D eigenvalue weighted by Gasteiger charge is 2.14. The molecule has 2 nitrogen and oxygen atoms in total. The van der Waals surface area contributed by atoms with Crippen LogP contribution in [0.5, 0.6) is 5.75 Å². The molecular weight excluding hydrogens is 250 g/mol. The number of fused-ring (bicyclic) bond motifs is 1. The van der Waals surface area contributed by atoms with E-state index in [9.17, 15) is 13.6 Å². The predicted molar refractivity (Wildman–Crippen MR) is 60.8 cm³/mol. The normalized spacial score (nSPS) is 10.8. The summed E-state index contributed by atoms with van der Waals surface area (Å²) >= 11 is 5.41. The second-order valence-corrected chi connectivity index (χ2v) is 3.66. The van der Waals surface area contributed by atoms with E-state index in [-0.39, 0.29) is 11.3 Å². The van der Waals surface area contributed by atoms with Gasteiger partial charge in [-0.05, 0) is 29.1 Å². The van der Waals surface area contributed by atoms with E-state index in [4.69, 9.17) is 11.6 Å². The van der Waals surface area contributed by atoms with Crippen LogP contribution in [-0.2, 0) is 0 Å². The van der Waals surface area contributed by atoms with Crippen molar-refractivity contribution in [2.24, 2.45) is 0 Å². The summed E-state index contributed by atoms with van der Waals surface area (Å²) in [6.07, 6.45) is 0. The minimum Gasteiger partial charge on any atom is -0.434 e. The smallest absolute Gasteiger partial charge is 0.387 e. The summed E-state index contributed by atoms with van der Waals surface area (Å²) in [5.74, 6) is -0.0536. The quantitative estimate of drug-likeness (QED) is 0.781. The van der Waals surface area contributed by atoms with E-state index in [0.717, 1.165) is 0 Å². The maximum Gasteiger partial charge on any atom is 0.387 e. The highest BCUT2D eigenvalue weighted by atomic mass is 35.5. The molecule has 0 aliphatic rings. The lowest BCUT2D eigenvalue weighted by atomic mass is 10.0. The summed E-state index contributed by atoms with van der Waals surface area (Å²) in [5, 5.41) is 0.214. The topological polar surface area (TPSA) is 26.3 Å². The minimum atomic E-state index is -2.95. The molecule has 0 unspecified atom stereocenters. The zero-order chi connectivity index (χ0) is 12.4. The molecule has 2 aromatic rings. The maximum atomic E-state index is 12.2. The fraction of sp³-hybridized carbons (Fsp3) is 0.0833. The average Bonchev–Trinajstić information content (AvgIpc) is 2.27. The molecule has 0 aliphatic carbocycles. The monoisotopic (exact) mass is 256 g/mol. The molecule has 0 aromatic heterocycles. The van der Waals surface area contributed by atoms with E-state index in [1.807, 2.05) is 0 Å². The lowest BCUT2D eigenvalue weighted by Crippen LogP contribution is -2.03. The molecule has 0 atom stereocenters. The molecule has 0 N–H and O–H groups in total. The van der Waals surface area contributed by atoms with E-state index in [1.54, 1.807) is 24.3 Å². The van der Waals surface area contributed by atoms with Gasteiger partial charge in [-0.2, -0.15) is 8.78 Å². The van der Waals surface area contributed by atoms with Crippen LogP contribution in [0.1, 0.15) is 10.4 Å². The van der Waals surface area contributed by atoms with Crippen molar-refractivity contribution in [1.82, 2.24) is 0 Å². The zero-order valence-electron chi connectivity index (χ0n) is 8.49. The third kappa shape index (κ3) is 2.36. The van der Waals surface area contributed by atoms with E-state index >= 15 is 0 Å². The van der Waals surface area contributed by atoms with Crippen LogP contribution in [0.4, 0.5) is 8.78 Å². The molecule has 0 saturated carbocycles. The molecule has 0 heterocycles. The van der Waals surface area contributed by atoms with Gasteiger partial charge in [-0.1, -0.05) is 24.3 Å². The van der Waals surface area contributed by atoms with Gasteiger partial charge in [0.15, 0.2) is 0 Å². The van der Waals surface area contributed by atoms with Crippen molar-refractivity contribution in [3.8, 4) is 5.75 Å². The summed E-state index contributed by atoms with van der Waals surface area (Å²) < 4.78 is 28.9. The summed E-state index contributed by atoms with van der Waals surface area (Å²) in [7, 11) is 0. The van der Waals surface area contributed by atoms with Crippen LogP contribution in [-0.4, -0.2) is 11.9 Å². The van der Waals surface area contributed by atoms with Crippen molar-refractivity contribution in [3.05, 3.63) is 42.0 Å². The van der Waals surface area contributed by atoms with Gasteiger partial charge in [0.2, 0.25) is 0 Å². The number of hydrogen-bond donors (Lipinski definition) is 0. The first kappa shape index (κ1) is 11.8. The molecule has 5 heteroatoms. The number of alkyl halides is 2. The van der Waals surface area contributed by atoms with Crippen molar-refractivity contribution in [3.63, 3.8) is 0 Å². The van der Waals surface area contributed by atoms with Gasteiger partial charge in [0.25, 0.3) is 5.24 Å². The van der Waals surface area contributed by atoms with Gasteiger partial charge >= 0.3 is 6.61 Å². The number of carbonyl (C=O) groups is 1. The molecule has 0 radical (unpaired) electrons. The summed E-state index contributed by atoms with van der Waals surface area (Å²) in [4.78, 5) is 11.2. The van der Waals surface area contributed by atoms with Crippen LogP contribution >= 0.6 is 11.6 Å². The Labute approximate surface area is 101 Å². The number of hydrogen-bond acceptors (Lipinski definition) is 2. The second-order valence-electron chi connectivity index (χ2n) is 3.31. The largest absolute Gasteiger partial charge is 0.434 e. The van der Waals surface area contributed by atoms with Crippen LogP contribution in [0.15, 0.2) is 36.4 Å². The molecule has 88 valence electrons. The molecule has 2 rings (SSSR count). The molecule has 0 aliphatic heterocycles. The van der Waals surface area contributed by atoms with Gasteiger partial charge < -0.3 is 4.74 Å². The first-order chi connectivity index (χ1) is 8.09. The lowest BCUT2D eigenvalue weighted by molar-refractivity contribution is -0.0488. The van der Waals surface area contributed by atoms with Crippen molar-refractivity contribution in [2.75, 3.05) is 0 Å². The van der Waals surface area contributed by atoms with E-state index < -0.39 is 11.9 Å². The standard InChI is InChI=1S/C12H7ClF2O2/c13-11(16)8-5-1-3-7-4-2-6-9(10(7)8)17-12(14)15/h1-6,12H. The molecule has 0 spiro atoms. The Bertz CT molecular complexity index is 564. The van der Waals surface area contributed by atoms with Gasteiger partial charge in [-0.3, -0.25) is 4.79 Å². The molecule has 17 heavy (non-hydrogen) atoms. The van der Waals surface area contributed by atoms with E-state index in [0.29, 0.717) is 10.8 Å². The van der Waals surface area contributed by atoms with Gasteiger partial charge in [0, 0.05) is 10.9 Å². The van der Waals surface area contributed by atoms with Gasteiger partial charge in [0.1, 0.15) is 5.75 Å². The number of benzene rings is 2. The molecule has 0 saturated heterocycles. The van der Waals surface area contributed by atoms with Crippen LogP contribution in [0.3, 0.4) is 0 Å². The Morgan fingerprint density at radius 3 is 2.41 bits per heavy atom. The minimum absolute atomic E-state index is 0.0536. The molecule has 0 bridgehead atoms. The molecule has 2 aromatic carbocycles. The highest BCUT2D eigenvalue weighted by Crippen LogP contribution is 2.30. The third-order valence-electron chi connectivity index (χ3n) is 2.29. The van der Waals surface area contributed by atoms with Crippen molar-refractivity contribution in [1.29, 1.82) is 0 Å². The predicted octanol–water partition coefficient (Wildman–Crippen LogP) is 3.82. The summed E-state index contributed by atoms with van der Waals surface area (Å²) in [6, 6.07) is 9.43. The summed E-state index contributed by atoms with van der Waals surface area (Å²) in [6.45, 7) is -2.95. The Hall–Kier alpha value is -1.68. The van der Waals surface area contributed by atoms with Crippen molar-refractivity contribution < 1.29 is 18.3 Å². The van der Waals surface area contributed by atoms with Crippen molar-refractivity contribution >= 4 is 27.6 Å². The molecule has 0 fully saturated rings. The Kier molecular flexibility index (Phi) is 3.24. The van der Waals surface area contributed by atoms with E-state index in [1.165, 1.54) is 12.1 Å². The molecule has 0 amide bonds. The van der Waals surface area contributed by atoms with Crippen LogP contribution in [0.25, 0.3) is 10.8 Å². The Balaban J connectivity index is 2.71. The number of rotatable bonds is 3.